The molecule has 140 valence electrons. The largest absolute Gasteiger partial charge is 0.383 e. The third-order valence-corrected chi connectivity index (χ3v) is 5.72. The fraction of sp³-hybridized carbons (Fsp3) is 0.190. The molecule has 2 aromatic carbocycles. The molecule has 0 atom stereocenters. The molecule has 28 heavy (non-hydrogen) atoms. The Balaban J connectivity index is 1.61. The maximum Gasteiger partial charge on any atom is 0.161 e. The van der Waals surface area contributed by atoms with Crippen molar-refractivity contribution in [1.82, 2.24) is 24.5 Å². The molecule has 3 heterocycles. The molecule has 0 radical (unpaired) electrons. The number of aromatic nitrogens is 5. The van der Waals surface area contributed by atoms with Crippen LogP contribution in [-0.4, -0.2) is 38.2 Å². The van der Waals surface area contributed by atoms with Crippen LogP contribution in [0.15, 0.2) is 48.1 Å². The van der Waals surface area contributed by atoms with Gasteiger partial charge in [0.2, 0.25) is 0 Å². The Labute approximate surface area is 165 Å². The van der Waals surface area contributed by atoms with Gasteiger partial charge in [-0.05, 0) is 36.8 Å². The van der Waals surface area contributed by atoms with E-state index in [-0.39, 0.29) is 0 Å². The normalized spacial score (nSPS) is 11.6. The highest BCUT2D eigenvalue weighted by Gasteiger charge is 2.17. The number of aryl methyl sites for hydroxylation is 1. The number of benzene rings is 2. The summed E-state index contributed by atoms with van der Waals surface area (Å²) in [6, 6.07) is 12.5. The van der Waals surface area contributed by atoms with Crippen LogP contribution in [0.5, 0.6) is 0 Å². The molecule has 0 fully saturated rings. The second-order valence-electron chi connectivity index (χ2n) is 6.69. The molecule has 0 saturated heterocycles. The van der Waals surface area contributed by atoms with Gasteiger partial charge in [0, 0.05) is 25.4 Å². The van der Waals surface area contributed by atoms with Crippen molar-refractivity contribution < 1.29 is 4.74 Å². The average molecular weight is 389 g/mol. The zero-order chi connectivity index (χ0) is 19.1. The molecule has 0 aliphatic rings. The minimum atomic E-state index is 0.615. The van der Waals surface area contributed by atoms with E-state index in [9.17, 15) is 0 Å². The summed E-state index contributed by atoms with van der Waals surface area (Å²) in [6.07, 6.45) is 1.92. The molecular weight excluding hydrogens is 370 g/mol. The van der Waals surface area contributed by atoms with Gasteiger partial charge in [0.15, 0.2) is 5.82 Å². The summed E-state index contributed by atoms with van der Waals surface area (Å²) >= 11 is 1.64. The topological polar surface area (TPSA) is 68.6 Å². The number of para-hydroxylation sites is 1. The first kappa shape index (κ1) is 17.1. The Morgan fingerprint density at radius 3 is 3.00 bits per heavy atom. The molecular formula is C21H19N5OS. The molecule has 1 N–H and O–H groups in total. The van der Waals surface area contributed by atoms with Crippen molar-refractivity contribution in [2.45, 2.75) is 13.5 Å². The lowest BCUT2D eigenvalue weighted by Crippen LogP contribution is -2.06. The SMILES string of the molecule is COCCn1c(-c2c[nH]c(-c3ccc4scnc4c3)n2)nc2c(C)cccc21. The molecule has 0 saturated carbocycles. The Hall–Kier alpha value is -3.03. The quantitative estimate of drug-likeness (QED) is 0.475. The van der Waals surface area contributed by atoms with E-state index in [1.807, 2.05) is 11.7 Å². The van der Waals surface area contributed by atoms with Crippen LogP contribution in [0.3, 0.4) is 0 Å². The van der Waals surface area contributed by atoms with Gasteiger partial charge in [-0.2, -0.15) is 0 Å². The Morgan fingerprint density at radius 2 is 2.11 bits per heavy atom. The minimum absolute atomic E-state index is 0.615. The number of aromatic amines is 1. The number of thiazole rings is 1. The number of H-pyrrole nitrogens is 1. The first-order valence-corrected chi connectivity index (χ1v) is 9.97. The minimum Gasteiger partial charge on any atom is -0.383 e. The number of hydrogen-bond acceptors (Lipinski definition) is 5. The van der Waals surface area contributed by atoms with E-state index in [1.165, 1.54) is 4.70 Å². The van der Waals surface area contributed by atoms with E-state index in [4.69, 9.17) is 14.7 Å². The van der Waals surface area contributed by atoms with Crippen molar-refractivity contribution in [3.63, 3.8) is 0 Å². The summed E-state index contributed by atoms with van der Waals surface area (Å²) in [5.41, 5.74) is 7.94. The predicted octanol–water partition coefficient (Wildman–Crippen LogP) is 4.66. The Bertz CT molecular complexity index is 1280. The van der Waals surface area contributed by atoms with Gasteiger partial charge in [-0.25, -0.2) is 15.0 Å². The fourth-order valence-corrected chi connectivity index (χ4v) is 4.14. The molecule has 0 spiro atoms. The molecule has 0 amide bonds. The second-order valence-corrected chi connectivity index (χ2v) is 7.58. The molecule has 6 nitrogen and oxygen atoms in total. The number of ether oxygens (including phenoxy) is 1. The van der Waals surface area contributed by atoms with Crippen molar-refractivity contribution >= 4 is 32.6 Å². The predicted molar refractivity (Wildman–Crippen MR) is 113 cm³/mol. The van der Waals surface area contributed by atoms with Gasteiger partial charge >= 0.3 is 0 Å². The molecule has 0 bridgehead atoms. The van der Waals surface area contributed by atoms with Gasteiger partial charge in [-0.3, -0.25) is 0 Å². The Kier molecular flexibility index (Phi) is 4.18. The van der Waals surface area contributed by atoms with Gasteiger partial charge in [0.05, 0.1) is 33.4 Å². The lowest BCUT2D eigenvalue weighted by molar-refractivity contribution is 0.188. The summed E-state index contributed by atoms with van der Waals surface area (Å²) in [4.78, 5) is 17.4. The maximum absolute atomic E-state index is 5.31. The zero-order valence-corrected chi connectivity index (χ0v) is 16.5. The summed E-state index contributed by atoms with van der Waals surface area (Å²) < 4.78 is 8.66. The lowest BCUT2D eigenvalue weighted by Gasteiger charge is -2.07. The number of nitrogens with one attached hydrogen (secondary N) is 1. The van der Waals surface area contributed by atoms with Gasteiger partial charge in [-0.15, -0.1) is 11.3 Å². The van der Waals surface area contributed by atoms with Gasteiger partial charge in [0.1, 0.15) is 11.5 Å². The maximum atomic E-state index is 5.31. The van der Waals surface area contributed by atoms with Crippen LogP contribution in [0.25, 0.3) is 44.2 Å². The van der Waals surface area contributed by atoms with Crippen LogP contribution >= 0.6 is 11.3 Å². The zero-order valence-electron chi connectivity index (χ0n) is 15.6. The van der Waals surface area contributed by atoms with Gasteiger partial charge in [-0.1, -0.05) is 12.1 Å². The number of imidazole rings is 2. The number of methoxy groups -OCH3 is 1. The van der Waals surface area contributed by atoms with Crippen LogP contribution in [0.4, 0.5) is 0 Å². The molecule has 5 aromatic rings. The van der Waals surface area contributed by atoms with Gasteiger partial charge in [0.25, 0.3) is 0 Å². The lowest BCUT2D eigenvalue weighted by atomic mass is 10.2. The number of hydrogen-bond donors (Lipinski definition) is 1. The highest BCUT2D eigenvalue weighted by atomic mass is 32.1. The molecule has 0 aliphatic heterocycles. The molecule has 5 rings (SSSR count). The second kappa shape index (κ2) is 6.85. The third-order valence-electron chi connectivity index (χ3n) is 4.91. The number of rotatable bonds is 5. The summed E-state index contributed by atoms with van der Waals surface area (Å²) in [5.74, 6) is 1.66. The van der Waals surface area contributed by atoms with Crippen LogP contribution in [0.2, 0.25) is 0 Å². The third kappa shape index (κ3) is 2.80. The summed E-state index contributed by atoms with van der Waals surface area (Å²) in [7, 11) is 1.71. The number of fused-ring (bicyclic) bond motifs is 2. The van der Waals surface area contributed by atoms with E-state index in [0.717, 1.165) is 51.6 Å². The van der Waals surface area contributed by atoms with Crippen LogP contribution in [-0.2, 0) is 11.3 Å². The van der Waals surface area contributed by atoms with E-state index in [2.05, 4.69) is 57.9 Å². The van der Waals surface area contributed by atoms with Crippen LogP contribution in [0, 0.1) is 6.92 Å². The fourth-order valence-electron chi connectivity index (χ4n) is 3.48. The summed E-state index contributed by atoms with van der Waals surface area (Å²) in [6.45, 7) is 3.42. The Morgan fingerprint density at radius 1 is 1.18 bits per heavy atom. The van der Waals surface area contributed by atoms with E-state index >= 15 is 0 Å². The molecule has 7 heteroatoms. The smallest absolute Gasteiger partial charge is 0.161 e. The van der Waals surface area contributed by atoms with E-state index in [1.54, 1.807) is 18.4 Å². The highest BCUT2D eigenvalue weighted by molar-refractivity contribution is 7.16. The van der Waals surface area contributed by atoms with E-state index in [0.29, 0.717) is 6.61 Å². The average Bonchev–Trinajstić information content (AvgIpc) is 3.43. The molecule has 0 unspecified atom stereocenters. The first-order valence-electron chi connectivity index (χ1n) is 9.09. The molecule has 0 aliphatic carbocycles. The van der Waals surface area contributed by atoms with Crippen LogP contribution in [0.1, 0.15) is 5.56 Å². The summed E-state index contributed by atoms with van der Waals surface area (Å²) in [5, 5.41) is 0. The molecule has 3 aromatic heterocycles. The first-order chi connectivity index (χ1) is 13.7. The van der Waals surface area contributed by atoms with E-state index < -0.39 is 0 Å². The van der Waals surface area contributed by atoms with Crippen LogP contribution < -0.4 is 0 Å². The van der Waals surface area contributed by atoms with Crippen molar-refractivity contribution in [2.24, 2.45) is 0 Å². The van der Waals surface area contributed by atoms with Crippen molar-refractivity contribution in [3.8, 4) is 22.9 Å². The van der Waals surface area contributed by atoms with Crippen molar-refractivity contribution in [1.29, 1.82) is 0 Å². The standard InChI is InChI=1S/C21H19N5OS/c1-13-4-3-5-17-19(13)25-21(26(17)8-9-27-2)16-11-22-20(24-16)14-6-7-18-15(10-14)23-12-28-18/h3-7,10-12H,8-9H2,1-2H3,(H,22,24). The highest BCUT2D eigenvalue weighted by Crippen LogP contribution is 2.29. The van der Waals surface area contributed by atoms with Crippen molar-refractivity contribution in [3.05, 3.63) is 53.7 Å². The monoisotopic (exact) mass is 389 g/mol. The van der Waals surface area contributed by atoms with Gasteiger partial charge < -0.3 is 14.3 Å². The number of nitrogens with zero attached hydrogens (tertiary/aromatic N) is 4. The van der Waals surface area contributed by atoms with Crippen molar-refractivity contribution in [2.75, 3.05) is 13.7 Å².